The molecule has 1 unspecified atom stereocenters. The van der Waals surface area contributed by atoms with Gasteiger partial charge in [-0.15, -0.1) is 0 Å². The minimum absolute atomic E-state index is 0.175. The highest BCUT2D eigenvalue weighted by Gasteiger charge is 2.50. The predicted molar refractivity (Wildman–Crippen MR) is 147 cm³/mol. The highest BCUT2D eigenvalue weighted by molar-refractivity contribution is 5.93. The van der Waals surface area contributed by atoms with Gasteiger partial charge in [-0.3, -0.25) is 0 Å². The van der Waals surface area contributed by atoms with Gasteiger partial charge in [0, 0.05) is 5.92 Å². The molecule has 0 amide bonds. The Morgan fingerprint density at radius 3 is 1.80 bits per heavy atom. The molecular weight excluding hydrogens is 420 g/mol. The van der Waals surface area contributed by atoms with Gasteiger partial charge in [0.15, 0.2) is 0 Å². The largest absolute Gasteiger partial charge is 0.0804 e. The minimum atomic E-state index is -0.310. The topological polar surface area (TPSA) is 0 Å². The van der Waals surface area contributed by atoms with E-state index in [-0.39, 0.29) is 11.3 Å². The van der Waals surface area contributed by atoms with Gasteiger partial charge in [-0.1, -0.05) is 133 Å². The van der Waals surface area contributed by atoms with Crippen LogP contribution in [0.5, 0.6) is 0 Å². The highest BCUT2D eigenvalue weighted by atomic mass is 14.5. The van der Waals surface area contributed by atoms with Crippen molar-refractivity contribution in [3.05, 3.63) is 167 Å². The number of allylic oxidation sites excluding steroid dienone is 4. The lowest BCUT2D eigenvalue weighted by atomic mass is 9.58. The first-order valence-corrected chi connectivity index (χ1v) is 12.5. The van der Waals surface area contributed by atoms with E-state index in [9.17, 15) is 0 Å². The van der Waals surface area contributed by atoms with Crippen LogP contribution in [0, 0.1) is 0 Å². The first-order chi connectivity index (χ1) is 17.4. The Hall–Kier alpha value is -4.16. The van der Waals surface area contributed by atoms with E-state index in [2.05, 4.69) is 140 Å². The molecule has 0 heterocycles. The lowest BCUT2D eigenvalue weighted by Gasteiger charge is -2.43. The van der Waals surface area contributed by atoms with E-state index in [0.29, 0.717) is 0 Å². The van der Waals surface area contributed by atoms with Crippen LogP contribution in [0.3, 0.4) is 0 Å². The number of benzene rings is 5. The van der Waals surface area contributed by atoms with Crippen LogP contribution in [0.4, 0.5) is 0 Å². The van der Waals surface area contributed by atoms with Gasteiger partial charge < -0.3 is 0 Å². The average Bonchev–Trinajstić information content (AvgIpc) is 3.57. The zero-order valence-electron chi connectivity index (χ0n) is 19.6. The molecule has 0 fully saturated rings. The van der Waals surface area contributed by atoms with Crippen LogP contribution in [-0.2, 0) is 5.41 Å². The Balaban J connectivity index is 1.63. The molecule has 0 N–H and O–H groups in total. The molecule has 166 valence electrons. The van der Waals surface area contributed by atoms with Crippen LogP contribution >= 0.6 is 0 Å². The zero-order chi connectivity index (χ0) is 23.2. The quantitative estimate of drug-likeness (QED) is 0.259. The summed E-state index contributed by atoms with van der Waals surface area (Å²) in [6.45, 7) is 0. The minimum Gasteiger partial charge on any atom is -0.0804 e. The highest BCUT2D eigenvalue weighted by Crippen LogP contribution is 2.60. The lowest BCUT2D eigenvalue weighted by molar-refractivity contribution is 0.527. The van der Waals surface area contributed by atoms with E-state index in [0.717, 1.165) is 6.42 Å². The molecule has 0 bridgehead atoms. The third kappa shape index (κ3) is 2.93. The fourth-order valence-corrected chi connectivity index (χ4v) is 6.56. The second-order valence-electron chi connectivity index (χ2n) is 9.67. The molecule has 0 aliphatic heterocycles. The fourth-order valence-electron chi connectivity index (χ4n) is 6.56. The Morgan fingerprint density at radius 2 is 1.14 bits per heavy atom. The van der Waals surface area contributed by atoms with Crippen molar-refractivity contribution in [2.45, 2.75) is 17.8 Å². The smallest absolute Gasteiger partial charge is 0.0526 e. The number of hydrogen-bond acceptors (Lipinski definition) is 0. The summed E-state index contributed by atoms with van der Waals surface area (Å²) in [7, 11) is 0. The van der Waals surface area contributed by atoms with E-state index >= 15 is 0 Å². The molecule has 2 aliphatic rings. The fraction of sp³-hybridized carbons (Fsp3) is 0.0857. The van der Waals surface area contributed by atoms with Gasteiger partial charge in [-0.2, -0.15) is 0 Å². The summed E-state index contributed by atoms with van der Waals surface area (Å²) in [6, 6.07) is 45.0. The van der Waals surface area contributed by atoms with Crippen molar-refractivity contribution >= 4 is 10.8 Å². The van der Waals surface area contributed by atoms with Gasteiger partial charge in [0.2, 0.25) is 0 Å². The normalized spacial score (nSPS) is 16.2. The maximum Gasteiger partial charge on any atom is 0.0526 e. The molecule has 0 heteroatoms. The summed E-state index contributed by atoms with van der Waals surface area (Å²) < 4.78 is 0. The van der Waals surface area contributed by atoms with Crippen LogP contribution < -0.4 is 0 Å². The third-order valence-corrected chi connectivity index (χ3v) is 7.96. The molecule has 35 heavy (non-hydrogen) atoms. The van der Waals surface area contributed by atoms with Crippen molar-refractivity contribution in [1.82, 2.24) is 0 Å². The molecule has 0 aromatic heterocycles. The molecule has 0 spiro atoms. The Morgan fingerprint density at radius 1 is 0.543 bits per heavy atom. The summed E-state index contributed by atoms with van der Waals surface area (Å²) in [5.41, 5.74) is 9.41. The number of fused-ring (bicyclic) bond motifs is 4. The van der Waals surface area contributed by atoms with Gasteiger partial charge in [0.05, 0.1) is 5.41 Å². The van der Waals surface area contributed by atoms with Crippen molar-refractivity contribution in [1.29, 1.82) is 0 Å². The Bertz CT molecular complexity index is 1560. The molecule has 0 saturated heterocycles. The van der Waals surface area contributed by atoms with E-state index in [1.165, 1.54) is 49.7 Å². The van der Waals surface area contributed by atoms with E-state index in [4.69, 9.17) is 0 Å². The average molecular weight is 447 g/mol. The first-order valence-electron chi connectivity index (χ1n) is 12.5. The molecule has 5 aromatic carbocycles. The molecule has 5 aromatic rings. The molecule has 2 aliphatic carbocycles. The lowest BCUT2D eigenvalue weighted by Crippen LogP contribution is -2.37. The molecule has 1 atom stereocenters. The summed E-state index contributed by atoms with van der Waals surface area (Å²) >= 11 is 0. The molecule has 7 rings (SSSR count). The van der Waals surface area contributed by atoms with Gasteiger partial charge in [-0.05, 0) is 62.7 Å². The van der Waals surface area contributed by atoms with Crippen molar-refractivity contribution < 1.29 is 0 Å². The number of hydrogen-bond donors (Lipinski definition) is 0. The standard InChI is InChI=1S/C35H26/c1-3-15-27(16-4-1)35(29-19-9-10-20-29,28-17-5-2-6-18-28)34-31-22-12-11-21-30(31)32-23-25-13-7-8-14-26(25)24-33(32)34/h1-19,21-24,34H,20H2. The van der Waals surface area contributed by atoms with Gasteiger partial charge in [0.25, 0.3) is 0 Å². The monoisotopic (exact) mass is 446 g/mol. The molecular formula is C35H26. The van der Waals surface area contributed by atoms with E-state index in [1.54, 1.807) is 0 Å². The van der Waals surface area contributed by atoms with Crippen molar-refractivity contribution in [3.63, 3.8) is 0 Å². The van der Waals surface area contributed by atoms with Gasteiger partial charge in [-0.25, -0.2) is 0 Å². The Kier molecular flexibility index (Phi) is 4.60. The third-order valence-electron chi connectivity index (χ3n) is 7.96. The van der Waals surface area contributed by atoms with Crippen LogP contribution in [0.1, 0.15) is 34.6 Å². The second kappa shape index (κ2) is 7.96. The van der Waals surface area contributed by atoms with Crippen molar-refractivity contribution in [3.8, 4) is 11.1 Å². The van der Waals surface area contributed by atoms with Crippen molar-refractivity contribution in [2.24, 2.45) is 0 Å². The summed E-state index contributed by atoms with van der Waals surface area (Å²) in [6.07, 6.45) is 7.86. The van der Waals surface area contributed by atoms with Crippen LogP contribution in [-0.4, -0.2) is 0 Å². The van der Waals surface area contributed by atoms with Gasteiger partial charge >= 0.3 is 0 Å². The van der Waals surface area contributed by atoms with Crippen LogP contribution in [0.15, 0.2) is 145 Å². The maximum absolute atomic E-state index is 2.46. The van der Waals surface area contributed by atoms with Crippen molar-refractivity contribution in [2.75, 3.05) is 0 Å². The Labute approximate surface area is 206 Å². The maximum atomic E-state index is 2.46. The SMILES string of the molecule is C1=CCC(C(c2ccccc2)(c2ccccc2)C2c3ccccc3-c3cc4ccccc4cc32)=C1. The summed E-state index contributed by atoms with van der Waals surface area (Å²) in [5.74, 6) is 0.175. The zero-order valence-corrected chi connectivity index (χ0v) is 19.6. The number of rotatable bonds is 4. The molecule has 0 radical (unpaired) electrons. The molecule has 0 nitrogen and oxygen atoms in total. The van der Waals surface area contributed by atoms with Crippen LogP contribution in [0.2, 0.25) is 0 Å². The second-order valence-corrected chi connectivity index (χ2v) is 9.67. The summed E-state index contributed by atoms with van der Waals surface area (Å²) in [4.78, 5) is 0. The van der Waals surface area contributed by atoms with Gasteiger partial charge in [0.1, 0.15) is 0 Å². The van der Waals surface area contributed by atoms with Crippen LogP contribution in [0.25, 0.3) is 21.9 Å². The predicted octanol–water partition coefficient (Wildman–Crippen LogP) is 8.82. The first kappa shape index (κ1) is 20.2. The summed E-state index contributed by atoms with van der Waals surface area (Å²) in [5, 5.41) is 2.60. The molecule has 0 saturated carbocycles. The van der Waals surface area contributed by atoms with E-state index < -0.39 is 0 Å². The van der Waals surface area contributed by atoms with E-state index in [1.807, 2.05) is 0 Å².